The fourth-order valence-electron chi connectivity index (χ4n) is 1.52. The van der Waals surface area contributed by atoms with E-state index in [1.54, 1.807) is 0 Å². The Balaban J connectivity index is 1.99. The summed E-state index contributed by atoms with van der Waals surface area (Å²) in [6.07, 6.45) is 1.98. The SMILES string of the molecule is CCn1ccc(CNc2ccccc2N)n1. The molecule has 0 aliphatic carbocycles. The number of hydrogen-bond donors (Lipinski definition) is 2. The van der Waals surface area contributed by atoms with Gasteiger partial charge in [0.25, 0.3) is 0 Å². The topological polar surface area (TPSA) is 55.9 Å². The first-order chi connectivity index (χ1) is 7.79. The number of nitrogens with one attached hydrogen (secondary N) is 1. The molecule has 0 atom stereocenters. The Bertz CT molecular complexity index is 462. The highest BCUT2D eigenvalue weighted by Crippen LogP contribution is 2.17. The van der Waals surface area contributed by atoms with Crippen molar-refractivity contribution in [3.05, 3.63) is 42.2 Å². The first-order valence-corrected chi connectivity index (χ1v) is 5.40. The van der Waals surface area contributed by atoms with Crippen LogP contribution in [-0.2, 0) is 13.1 Å². The molecule has 1 heterocycles. The molecule has 3 N–H and O–H groups in total. The van der Waals surface area contributed by atoms with E-state index in [9.17, 15) is 0 Å². The number of hydrogen-bond acceptors (Lipinski definition) is 3. The molecule has 4 nitrogen and oxygen atoms in total. The van der Waals surface area contributed by atoms with Crippen molar-refractivity contribution in [1.29, 1.82) is 0 Å². The van der Waals surface area contributed by atoms with Crippen molar-refractivity contribution >= 4 is 11.4 Å². The summed E-state index contributed by atoms with van der Waals surface area (Å²) in [5.74, 6) is 0. The minimum Gasteiger partial charge on any atom is -0.397 e. The van der Waals surface area contributed by atoms with Gasteiger partial charge in [0.05, 0.1) is 23.6 Å². The molecule has 0 amide bonds. The van der Waals surface area contributed by atoms with Crippen LogP contribution in [0.3, 0.4) is 0 Å². The Hall–Kier alpha value is -1.97. The van der Waals surface area contributed by atoms with Gasteiger partial charge in [-0.25, -0.2) is 0 Å². The van der Waals surface area contributed by atoms with Gasteiger partial charge >= 0.3 is 0 Å². The van der Waals surface area contributed by atoms with Crippen molar-refractivity contribution in [1.82, 2.24) is 9.78 Å². The highest BCUT2D eigenvalue weighted by Gasteiger charge is 1.99. The van der Waals surface area contributed by atoms with Crippen LogP contribution in [0.2, 0.25) is 0 Å². The van der Waals surface area contributed by atoms with Gasteiger partial charge in [-0.2, -0.15) is 5.10 Å². The number of benzene rings is 1. The minimum atomic E-state index is 0.696. The van der Waals surface area contributed by atoms with Gasteiger partial charge in [-0.3, -0.25) is 4.68 Å². The van der Waals surface area contributed by atoms with E-state index in [1.807, 2.05) is 41.2 Å². The lowest BCUT2D eigenvalue weighted by Crippen LogP contribution is -2.04. The van der Waals surface area contributed by atoms with Crippen LogP contribution in [0.5, 0.6) is 0 Å². The average Bonchev–Trinajstić information content (AvgIpc) is 2.76. The van der Waals surface area contributed by atoms with E-state index in [0.29, 0.717) is 6.54 Å². The zero-order valence-electron chi connectivity index (χ0n) is 9.35. The van der Waals surface area contributed by atoms with Crippen molar-refractivity contribution in [2.24, 2.45) is 0 Å². The molecule has 0 aliphatic heterocycles. The van der Waals surface area contributed by atoms with Crippen LogP contribution in [0.15, 0.2) is 36.5 Å². The molecule has 0 radical (unpaired) electrons. The molecular formula is C12H16N4. The molecule has 0 unspecified atom stereocenters. The molecule has 2 aromatic rings. The summed E-state index contributed by atoms with van der Waals surface area (Å²) in [7, 11) is 0. The van der Waals surface area contributed by atoms with Crippen LogP contribution in [0.25, 0.3) is 0 Å². The fourth-order valence-corrected chi connectivity index (χ4v) is 1.52. The summed E-state index contributed by atoms with van der Waals surface area (Å²) in [4.78, 5) is 0. The van der Waals surface area contributed by atoms with Crippen LogP contribution in [0.1, 0.15) is 12.6 Å². The van der Waals surface area contributed by atoms with E-state index in [4.69, 9.17) is 5.73 Å². The van der Waals surface area contributed by atoms with Gasteiger partial charge in [0.15, 0.2) is 0 Å². The highest BCUT2D eigenvalue weighted by molar-refractivity contribution is 5.65. The number of aryl methyl sites for hydroxylation is 1. The first kappa shape index (κ1) is 10.5. The summed E-state index contributed by atoms with van der Waals surface area (Å²) in [6.45, 7) is 3.66. The highest BCUT2D eigenvalue weighted by atomic mass is 15.3. The maximum absolute atomic E-state index is 5.83. The standard InChI is InChI=1S/C12H16N4/c1-2-16-8-7-10(15-16)9-14-12-6-4-3-5-11(12)13/h3-8,14H,2,9,13H2,1H3. The number of aromatic nitrogens is 2. The molecule has 16 heavy (non-hydrogen) atoms. The lowest BCUT2D eigenvalue weighted by Gasteiger charge is -2.06. The summed E-state index contributed by atoms with van der Waals surface area (Å²) >= 11 is 0. The number of para-hydroxylation sites is 2. The van der Waals surface area contributed by atoms with E-state index in [2.05, 4.69) is 17.3 Å². The van der Waals surface area contributed by atoms with Gasteiger partial charge in [-0.15, -0.1) is 0 Å². The molecule has 1 aromatic heterocycles. The Labute approximate surface area is 95.1 Å². The van der Waals surface area contributed by atoms with Gasteiger partial charge in [-0.05, 0) is 25.1 Å². The van der Waals surface area contributed by atoms with Crippen LogP contribution >= 0.6 is 0 Å². The van der Waals surface area contributed by atoms with Crippen LogP contribution in [0, 0.1) is 0 Å². The summed E-state index contributed by atoms with van der Waals surface area (Å²) in [5, 5.41) is 7.65. The van der Waals surface area contributed by atoms with Crippen LogP contribution in [-0.4, -0.2) is 9.78 Å². The van der Waals surface area contributed by atoms with E-state index >= 15 is 0 Å². The van der Waals surface area contributed by atoms with Crippen molar-refractivity contribution in [3.63, 3.8) is 0 Å². The van der Waals surface area contributed by atoms with Gasteiger partial charge in [0.1, 0.15) is 0 Å². The maximum Gasteiger partial charge on any atom is 0.0815 e. The second-order valence-electron chi connectivity index (χ2n) is 3.60. The van der Waals surface area contributed by atoms with E-state index in [-0.39, 0.29) is 0 Å². The average molecular weight is 216 g/mol. The molecular weight excluding hydrogens is 200 g/mol. The third-order valence-corrected chi connectivity index (χ3v) is 2.44. The van der Waals surface area contributed by atoms with Crippen molar-refractivity contribution in [3.8, 4) is 0 Å². The molecule has 1 aromatic carbocycles. The maximum atomic E-state index is 5.83. The largest absolute Gasteiger partial charge is 0.397 e. The Kier molecular flexibility index (Phi) is 3.10. The number of anilines is 2. The van der Waals surface area contributed by atoms with Crippen molar-refractivity contribution in [2.45, 2.75) is 20.0 Å². The molecule has 0 spiro atoms. The van der Waals surface area contributed by atoms with Crippen molar-refractivity contribution in [2.75, 3.05) is 11.1 Å². The van der Waals surface area contributed by atoms with Gasteiger partial charge < -0.3 is 11.1 Å². The number of nitrogens with zero attached hydrogens (tertiary/aromatic N) is 2. The fraction of sp³-hybridized carbons (Fsp3) is 0.250. The first-order valence-electron chi connectivity index (χ1n) is 5.40. The molecule has 84 valence electrons. The Morgan fingerprint density at radius 2 is 2.12 bits per heavy atom. The lowest BCUT2D eigenvalue weighted by atomic mass is 10.2. The lowest BCUT2D eigenvalue weighted by molar-refractivity contribution is 0.649. The van der Waals surface area contributed by atoms with Crippen molar-refractivity contribution < 1.29 is 0 Å². The third-order valence-electron chi connectivity index (χ3n) is 2.44. The molecule has 0 aliphatic rings. The van der Waals surface area contributed by atoms with E-state index in [0.717, 1.165) is 23.6 Å². The molecule has 4 heteroatoms. The second kappa shape index (κ2) is 4.70. The normalized spacial score (nSPS) is 10.3. The van der Waals surface area contributed by atoms with Gasteiger partial charge in [0.2, 0.25) is 0 Å². The minimum absolute atomic E-state index is 0.696. The molecule has 0 saturated heterocycles. The van der Waals surface area contributed by atoms with Gasteiger partial charge in [0, 0.05) is 12.7 Å². The molecule has 2 rings (SSSR count). The van der Waals surface area contributed by atoms with E-state index < -0.39 is 0 Å². The van der Waals surface area contributed by atoms with Crippen LogP contribution in [0.4, 0.5) is 11.4 Å². The number of nitrogens with two attached hydrogens (primary N) is 1. The molecule has 0 saturated carbocycles. The second-order valence-corrected chi connectivity index (χ2v) is 3.60. The Morgan fingerprint density at radius 1 is 1.31 bits per heavy atom. The zero-order chi connectivity index (χ0) is 11.4. The predicted molar refractivity (Wildman–Crippen MR) is 66.1 cm³/mol. The monoisotopic (exact) mass is 216 g/mol. The smallest absolute Gasteiger partial charge is 0.0815 e. The van der Waals surface area contributed by atoms with Gasteiger partial charge in [-0.1, -0.05) is 12.1 Å². The predicted octanol–water partition coefficient (Wildman–Crippen LogP) is 2.10. The quantitative estimate of drug-likeness (QED) is 0.769. The molecule has 0 fully saturated rings. The Morgan fingerprint density at radius 3 is 2.81 bits per heavy atom. The number of nitrogen functional groups attached to an aromatic ring is 1. The summed E-state index contributed by atoms with van der Waals surface area (Å²) in [5.41, 5.74) is 8.56. The van der Waals surface area contributed by atoms with Crippen LogP contribution < -0.4 is 11.1 Å². The third kappa shape index (κ3) is 2.34. The summed E-state index contributed by atoms with van der Waals surface area (Å²) in [6, 6.07) is 9.74. The molecule has 0 bridgehead atoms. The number of rotatable bonds is 4. The summed E-state index contributed by atoms with van der Waals surface area (Å²) < 4.78 is 1.91. The zero-order valence-corrected chi connectivity index (χ0v) is 9.35. The van der Waals surface area contributed by atoms with E-state index in [1.165, 1.54) is 0 Å².